The third kappa shape index (κ3) is 2.76. The van der Waals surface area contributed by atoms with Gasteiger partial charge in [0.05, 0.1) is 24.0 Å². The highest BCUT2D eigenvalue weighted by Gasteiger charge is 2.08. The van der Waals surface area contributed by atoms with Crippen molar-refractivity contribution in [2.75, 3.05) is 5.32 Å². The molecule has 5 heteroatoms. The lowest BCUT2D eigenvalue weighted by Gasteiger charge is -2.08. The van der Waals surface area contributed by atoms with Crippen molar-refractivity contribution in [1.29, 1.82) is 0 Å². The zero-order valence-electron chi connectivity index (χ0n) is 9.50. The van der Waals surface area contributed by atoms with E-state index in [1.807, 2.05) is 0 Å². The number of carboxylic acid groups (broad SMARTS) is 1. The Hall–Kier alpha value is -2.56. The van der Waals surface area contributed by atoms with E-state index in [4.69, 9.17) is 10.2 Å². The number of nitrogens with one attached hydrogen (secondary N) is 1. The van der Waals surface area contributed by atoms with Crippen molar-refractivity contribution in [2.24, 2.45) is 0 Å². The molecule has 1 aromatic carbocycles. The van der Waals surface area contributed by atoms with Gasteiger partial charge in [-0.2, -0.15) is 0 Å². The number of benzene rings is 1. The topological polar surface area (TPSA) is 82.5 Å². The SMILES string of the molecule is O=C(O)c1ccccc1NCc1ccc(O)cn1. The number of rotatable bonds is 4. The summed E-state index contributed by atoms with van der Waals surface area (Å²) < 4.78 is 0. The standard InChI is InChI=1S/C13H12N2O3/c16-10-6-5-9(14-8-10)7-15-12-4-2-1-3-11(12)13(17)18/h1-6,8,15-16H,7H2,(H,17,18). The van der Waals surface area contributed by atoms with Gasteiger partial charge in [0.25, 0.3) is 0 Å². The van der Waals surface area contributed by atoms with Crippen molar-refractivity contribution in [3.8, 4) is 5.75 Å². The van der Waals surface area contributed by atoms with Crippen LogP contribution >= 0.6 is 0 Å². The van der Waals surface area contributed by atoms with Crippen LogP contribution in [-0.2, 0) is 6.54 Å². The minimum Gasteiger partial charge on any atom is -0.506 e. The smallest absolute Gasteiger partial charge is 0.337 e. The molecule has 0 spiro atoms. The summed E-state index contributed by atoms with van der Waals surface area (Å²) in [5, 5.41) is 21.1. The van der Waals surface area contributed by atoms with Gasteiger partial charge in [-0.05, 0) is 24.3 Å². The molecule has 0 aliphatic heterocycles. The molecule has 1 heterocycles. The number of aromatic nitrogens is 1. The first-order chi connectivity index (χ1) is 8.66. The van der Waals surface area contributed by atoms with E-state index in [1.165, 1.54) is 18.3 Å². The average Bonchev–Trinajstić information content (AvgIpc) is 2.38. The second-order valence-electron chi connectivity index (χ2n) is 3.71. The van der Waals surface area contributed by atoms with Crippen LogP contribution in [0.25, 0.3) is 0 Å². The molecule has 92 valence electrons. The van der Waals surface area contributed by atoms with Crippen molar-refractivity contribution < 1.29 is 15.0 Å². The number of carbonyl (C=O) groups is 1. The van der Waals surface area contributed by atoms with E-state index in [1.54, 1.807) is 24.3 Å². The fraction of sp³-hybridized carbons (Fsp3) is 0.0769. The lowest BCUT2D eigenvalue weighted by molar-refractivity contribution is 0.0698. The maximum Gasteiger partial charge on any atom is 0.337 e. The Morgan fingerprint density at radius 1 is 1.22 bits per heavy atom. The van der Waals surface area contributed by atoms with E-state index in [2.05, 4.69) is 10.3 Å². The summed E-state index contributed by atoms with van der Waals surface area (Å²) in [7, 11) is 0. The zero-order chi connectivity index (χ0) is 13.0. The molecular weight excluding hydrogens is 232 g/mol. The van der Waals surface area contributed by atoms with E-state index in [-0.39, 0.29) is 11.3 Å². The number of nitrogens with zero attached hydrogens (tertiary/aromatic N) is 1. The van der Waals surface area contributed by atoms with Gasteiger partial charge in [-0.15, -0.1) is 0 Å². The normalized spacial score (nSPS) is 10.0. The Morgan fingerprint density at radius 3 is 2.67 bits per heavy atom. The van der Waals surface area contributed by atoms with Crippen LogP contribution in [0.5, 0.6) is 5.75 Å². The Labute approximate surface area is 104 Å². The highest BCUT2D eigenvalue weighted by Crippen LogP contribution is 2.16. The van der Waals surface area contributed by atoms with Crippen molar-refractivity contribution in [1.82, 2.24) is 4.98 Å². The first kappa shape index (κ1) is 11.9. The molecule has 0 unspecified atom stereocenters. The maximum absolute atomic E-state index is 11.0. The predicted octanol–water partition coefficient (Wildman–Crippen LogP) is 2.10. The summed E-state index contributed by atoms with van der Waals surface area (Å²) in [4.78, 5) is 15.0. The van der Waals surface area contributed by atoms with Crippen LogP contribution in [0.1, 0.15) is 16.1 Å². The summed E-state index contributed by atoms with van der Waals surface area (Å²) in [5.41, 5.74) is 1.48. The van der Waals surface area contributed by atoms with Crippen LogP contribution in [0, 0.1) is 0 Å². The molecule has 0 amide bonds. The summed E-state index contributed by atoms with van der Waals surface area (Å²) in [6.45, 7) is 0.393. The van der Waals surface area contributed by atoms with Gasteiger partial charge in [0.1, 0.15) is 5.75 Å². The minimum atomic E-state index is -0.975. The molecule has 0 bridgehead atoms. The van der Waals surface area contributed by atoms with Gasteiger partial charge in [0.2, 0.25) is 0 Å². The van der Waals surface area contributed by atoms with Gasteiger partial charge in [0.15, 0.2) is 0 Å². The number of para-hydroxylation sites is 1. The van der Waals surface area contributed by atoms with E-state index in [0.29, 0.717) is 17.9 Å². The van der Waals surface area contributed by atoms with Gasteiger partial charge < -0.3 is 15.5 Å². The molecule has 2 aromatic rings. The molecule has 0 saturated heterocycles. The molecule has 18 heavy (non-hydrogen) atoms. The van der Waals surface area contributed by atoms with E-state index in [0.717, 1.165) is 0 Å². The van der Waals surface area contributed by atoms with Gasteiger partial charge in [-0.25, -0.2) is 4.79 Å². The Morgan fingerprint density at radius 2 is 2.00 bits per heavy atom. The number of anilines is 1. The van der Waals surface area contributed by atoms with Crippen LogP contribution in [0.15, 0.2) is 42.6 Å². The van der Waals surface area contributed by atoms with Gasteiger partial charge in [-0.3, -0.25) is 4.98 Å². The molecule has 5 nitrogen and oxygen atoms in total. The molecule has 1 aromatic heterocycles. The number of aromatic carboxylic acids is 1. The quantitative estimate of drug-likeness (QED) is 0.767. The van der Waals surface area contributed by atoms with Crippen LogP contribution in [-0.4, -0.2) is 21.2 Å². The number of pyridine rings is 1. The molecule has 0 aliphatic carbocycles. The minimum absolute atomic E-state index is 0.102. The van der Waals surface area contributed by atoms with Crippen molar-refractivity contribution in [2.45, 2.75) is 6.54 Å². The van der Waals surface area contributed by atoms with E-state index in [9.17, 15) is 4.79 Å². The molecule has 0 atom stereocenters. The van der Waals surface area contributed by atoms with Crippen molar-refractivity contribution >= 4 is 11.7 Å². The monoisotopic (exact) mass is 244 g/mol. The lowest BCUT2D eigenvalue weighted by atomic mass is 10.2. The summed E-state index contributed by atoms with van der Waals surface area (Å²) in [6, 6.07) is 9.88. The number of hydrogen-bond donors (Lipinski definition) is 3. The fourth-order valence-electron chi connectivity index (χ4n) is 1.53. The van der Waals surface area contributed by atoms with Crippen LogP contribution in [0.4, 0.5) is 5.69 Å². The first-order valence-electron chi connectivity index (χ1n) is 5.37. The second kappa shape index (κ2) is 5.18. The highest BCUT2D eigenvalue weighted by atomic mass is 16.4. The predicted molar refractivity (Wildman–Crippen MR) is 66.6 cm³/mol. The maximum atomic E-state index is 11.0. The molecule has 0 aliphatic rings. The third-order valence-electron chi connectivity index (χ3n) is 2.43. The molecule has 0 radical (unpaired) electrons. The first-order valence-corrected chi connectivity index (χ1v) is 5.37. The van der Waals surface area contributed by atoms with E-state index < -0.39 is 5.97 Å². The Balaban J connectivity index is 2.10. The summed E-state index contributed by atoms with van der Waals surface area (Å²) in [6.07, 6.45) is 1.35. The summed E-state index contributed by atoms with van der Waals surface area (Å²) >= 11 is 0. The van der Waals surface area contributed by atoms with Crippen LogP contribution in [0.3, 0.4) is 0 Å². The molecule has 0 fully saturated rings. The highest BCUT2D eigenvalue weighted by molar-refractivity contribution is 5.94. The second-order valence-corrected chi connectivity index (χ2v) is 3.71. The third-order valence-corrected chi connectivity index (χ3v) is 2.43. The van der Waals surface area contributed by atoms with Gasteiger partial charge in [-0.1, -0.05) is 12.1 Å². The molecule has 0 saturated carbocycles. The number of hydrogen-bond acceptors (Lipinski definition) is 4. The van der Waals surface area contributed by atoms with Gasteiger partial charge in [0, 0.05) is 5.69 Å². The fourth-order valence-corrected chi connectivity index (χ4v) is 1.53. The summed E-state index contributed by atoms with van der Waals surface area (Å²) in [5.74, 6) is -0.874. The van der Waals surface area contributed by atoms with Crippen LogP contribution < -0.4 is 5.32 Å². The zero-order valence-corrected chi connectivity index (χ0v) is 9.50. The largest absolute Gasteiger partial charge is 0.506 e. The van der Waals surface area contributed by atoms with E-state index >= 15 is 0 Å². The van der Waals surface area contributed by atoms with Crippen molar-refractivity contribution in [3.63, 3.8) is 0 Å². The molecular formula is C13H12N2O3. The molecule has 2 rings (SSSR count). The number of aromatic hydroxyl groups is 1. The Bertz CT molecular complexity index is 552. The average molecular weight is 244 g/mol. The Kier molecular flexibility index (Phi) is 3.43. The number of carboxylic acids is 1. The van der Waals surface area contributed by atoms with Crippen molar-refractivity contribution in [3.05, 3.63) is 53.9 Å². The van der Waals surface area contributed by atoms with Crippen LogP contribution in [0.2, 0.25) is 0 Å². The lowest BCUT2D eigenvalue weighted by Crippen LogP contribution is -2.06. The molecule has 3 N–H and O–H groups in total. The van der Waals surface area contributed by atoms with Gasteiger partial charge >= 0.3 is 5.97 Å².